The highest BCUT2D eigenvalue weighted by Gasteiger charge is 2.28. The van der Waals surface area contributed by atoms with Crippen molar-refractivity contribution in [2.45, 2.75) is 82.9 Å². The molecule has 2 aromatic rings. The minimum atomic E-state index is -0.545. The number of pyridine rings is 1. The average Bonchev–Trinajstić information content (AvgIpc) is 2.74. The van der Waals surface area contributed by atoms with E-state index in [9.17, 15) is 14.4 Å². The van der Waals surface area contributed by atoms with Crippen LogP contribution < -0.4 is 16.6 Å². The maximum Gasteiger partial charge on any atom is 0.407 e. The van der Waals surface area contributed by atoms with E-state index in [1.807, 2.05) is 44.7 Å². The number of aromatic nitrogens is 3. The summed E-state index contributed by atoms with van der Waals surface area (Å²) < 4.78 is 6.66. The third-order valence-corrected chi connectivity index (χ3v) is 7.28. The normalized spacial score (nSPS) is 22.6. The number of amides is 1. The highest BCUT2D eigenvalue weighted by molar-refractivity contribution is 7.99. The molecule has 0 bridgehead atoms. The lowest BCUT2D eigenvalue weighted by Crippen LogP contribution is -2.44. The standard InChI is InChI=1S/C23H32N4O4S/c1-23(2,3)31-22(30)24-15-4-6-16(7-5-15)27-20(28)17-8-9-18(14-10-12-32-13-11-14)25-19(17)26-21(27)29/h8-9,14-16H,4-7,10-13H2,1-3H3,(H,24,30)(H,25,26,29). The number of nitrogens with zero attached hydrogens (tertiary/aromatic N) is 2. The van der Waals surface area contributed by atoms with Crippen LogP contribution in [0.15, 0.2) is 21.7 Å². The molecule has 2 aromatic heterocycles. The molecule has 2 fully saturated rings. The summed E-state index contributed by atoms with van der Waals surface area (Å²) in [5.74, 6) is 2.63. The number of aromatic amines is 1. The number of nitrogens with one attached hydrogen (secondary N) is 2. The zero-order valence-electron chi connectivity index (χ0n) is 19.0. The van der Waals surface area contributed by atoms with Crippen LogP contribution in [0.3, 0.4) is 0 Å². The van der Waals surface area contributed by atoms with Crippen LogP contribution in [0.2, 0.25) is 0 Å². The summed E-state index contributed by atoms with van der Waals surface area (Å²) in [5.41, 5.74) is 0.101. The summed E-state index contributed by atoms with van der Waals surface area (Å²) in [4.78, 5) is 45.5. The fourth-order valence-corrected chi connectivity index (χ4v) is 5.74. The van der Waals surface area contributed by atoms with Crippen LogP contribution in [-0.2, 0) is 4.74 Å². The first kappa shape index (κ1) is 22.9. The van der Waals surface area contributed by atoms with E-state index < -0.39 is 17.4 Å². The Morgan fingerprint density at radius 3 is 2.47 bits per heavy atom. The lowest BCUT2D eigenvalue weighted by Gasteiger charge is -2.30. The molecule has 8 nitrogen and oxygen atoms in total. The van der Waals surface area contributed by atoms with Gasteiger partial charge in [0.25, 0.3) is 5.56 Å². The molecule has 2 aliphatic rings. The molecule has 1 aliphatic carbocycles. The van der Waals surface area contributed by atoms with Crippen LogP contribution in [0.4, 0.5) is 4.79 Å². The molecule has 0 unspecified atom stereocenters. The zero-order valence-corrected chi connectivity index (χ0v) is 19.8. The van der Waals surface area contributed by atoms with E-state index in [1.165, 1.54) is 4.57 Å². The summed E-state index contributed by atoms with van der Waals surface area (Å²) in [6, 6.07) is 3.54. The minimum absolute atomic E-state index is 0.0192. The topological polar surface area (TPSA) is 106 Å². The van der Waals surface area contributed by atoms with Crippen molar-refractivity contribution in [3.63, 3.8) is 0 Å². The van der Waals surface area contributed by atoms with Gasteiger partial charge < -0.3 is 10.1 Å². The Morgan fingerprint density at radius 1 is 1.12 bits per heavy atom. The number of hydrogen-bond acceptors (Lipinski definition) is 6. The zero-order chi connectivity index (χ0) is 22.9. The lowest BCUT2D eigenvalue weighted by molar-refractivity contribution is 0.0487. The van der Waals surface area contributed by atoms with E-state index >= 15 is 0 Å². The fourth-order valence-electron chi connectivity index (χ4n) is 4.63. The Morgan fingerprint density at radius 2 is 1.81 bits per heavy atom. The molecule has 174 valence electrons. The molecule has 4 rings (SSSR count). The van der Waals surface area contributed by atoms with Gasteiger partial charge in [0.05, 0.1) is 5.39 Å². The number of alkyl carbamates (subject to hydrolysis) is 1. The SMILES string of the molecule is CC(C)(C)OC(=O)NC1CCC(n2c(=O)[nH]c3nc(C4CCSCC4)ccc3c2=O)CC1. The van der Waals surface area contributed by atoms with E-state index in [0.29, 0.717) is 42.6 Å². The summed E-state index contributed by atoms with van der Waals surface area (Å²) in [7, 11) is 0. The Hall–Kier alpha value is -2.29. The predicted molar refractivity (Wildman–Crippen MR) is 127 cm³/mol. The molecule has 0 atom stereocenters. The second kappa shape index (κ2) is 9.29. The van der Waals surface area contributed by atoms with E-state index in [4.69, 9.17) is 4.74 Å². The summed E-state index contributed by atoms with van der Waals surface area (Å²) in [5, 5.41) is 3.35. The van der Waals surface area contributed by atoms with Crippen molar-refractivity contribution in [2.24, 2.45) is 0 Å². The highest BCUT2D eigenvalue weighted by Crippen LogP contribution is 2.31. The number of ether oxygens (including phenoxy) is 1. The first-order chi connectivity index (χ1) is 15.2. The van der Waals surface area contributed by atoms with Crippen molar-refractivity contribution in [3.8, 4) is 0 Å². The molecular formula is C23H32N4O4S. The van der Waals surface area contributed by atoms with Gasteiger partial charge >= 0.3 is 11.8 Å². The van der Waals surface area contributed by atoms with E-state index in [1.54, 1.807) is 0 Å². The van der Waals surface area contributed by atoms with Gasteiger partial charge in [-0.25, -0.2) is 14.6 Å². The molecule has 1 saturated heterocycles. The van der Waals surface area contributed by atoms with Crippen LogP contribution in [0.5, 0.6) is 0 Å². The van der Waals surface area contributed by atoms with Crippen molar-refractivity contribution >= 4 is 28.9 Å². The van der Waals surface area contributed by atoms with Crippen molar-refractivity contribution in [1.82, 2.24) is 19.9 Å². The van der Waals surface area contributed by atoms with E-state index in [2.05, 4.69) is 15.3 Å². The van der Waals surface area contributed by atoms with Crippen LogP contribution >= 0.6 is 11.8 Å². The largest absolute Gasteiger partial charge is 0.444 e. The van der Waals surface area contributed by atoms with Crippen molar-refractivity contribution in [1.29, 1.82) is 0 Å². The van der Waals surface area contributed by atoms with Crippen LogP contribution in [-0.4, -0.2) is 43.8 Å². The molecule has 3 heterocycles. The Balaban J connectivity index is 1.48. The van der Waals surface area contributed by atoms with Gasteiger partial charge in [0, 0.05) is 23.7 Å². The summed E-state index contributed by atoms with van der Waals surface area (Å²) >= 11 is 1.96. The summed E-state index contributed by atoms with van der Waals surface area (Å²) in [6.07, 6.45) is 4.37. The van der Waals surface area contributed by atoms with Gasteiger partial charge in [-0.1, -0.05) is 0 Å². The third kappa shape index (κ3) is 5.19. The number of thioether (sulfide) groups is 1. The molecule has 1 saturated carbocycles. The average molecular weight is 461 g/mol. The number of hydrogen-bond donors (Lipinski definition) is 2. The van der Waals surface area contributed by atoms with Gasteiger partial charge in [-0.3, -0.25) is 14.3 Å². The lowest BCUT2D eigenvalue weighted by atomic mass is 9.91. The van der Waals surface area contributed by atoms with E-state index in [-0.39, 0.29) is 17.6 Å². The van der Waals surface area contributed by atoms with Gasteiger partial charge in [0.2, 0.25) is 0 Å². The van der Waals surface area contributed by atoms with Crippen LogP contribution in [0.1, 0.15) is 76.9 Å². The number of carbonyl (C=O) groups is 1. The molecule has 0 radical (unpaired) electrons. The number of fused-ring (bicyclic) bond motifs is 1. The Bertz CT molecular complexity index is 1090. The predicted octanol–water partition coefficient (Wildman–Crippen LogP) is 3.70. The van der Waals surface area contributed by atoms with Gasteiger partial charge in [-0.15, -0.1) is 0 Å². The molecule has 32 heavy (non-hydrogen) atoms. The van der Waals surface area contributed by atoms with Crippen LogP contribution in [0.25, 0.3) is 11.0 Å². The number of rotatable bonds is 3. The maximum atomic E-state index is 13.2. The first-order valence-corrected chi connectivity index (χ1v) is 12.6. The monoisotopic (exact) mass is 460 g/mol. The summed E-state index contributed by atoms with van der Waals surface area (Å²) in [6.45, 7) is 5.48. The molecule has 1 amide bonds. The van der Waals surface area contributed by atoms with Crippen molar-refractivity contribution in [3.05, 3.63) is 38.7 Å². The van der Waals surface area contributed by atoms with Crippen molar-refractivity contribution in [2.75, 3.05) is 11.5 Å². The Kier molecular flexibility index (Phi) is 6.65. The van der Waals surface area contributed by atoms with Gasteiger partial charge in [-0.05, 0) is 82.9 Å². The third-order valence-electron chi connectivity index (χ3n) is 6.23. The first-order valence-electron chi connectivity index (χ1n) is 11.4. The molecule has 1 aliphatic heterocycles. The molecular weight excluding hydrogens is 428 g/mol. The van der Waals surface area contributed by atoms with Gasteiger partial charge in [0.15, 0.2) is 0 Å². The number of H-pyrrole nitrogens is 1. The molecule has 0 spiro atoms. The van der Waals surface area contributed by atoms with E-state index in [0.717, 1.165) is 30.0 Å². The smallest absolute Gasteiger partial charge is 0.407 e. The molecule has 9 heteroatoms. The number of carbonyl (C=O) groups excluding carboxylic acids is 1. The molecule has 2 N–H and O–H groups in total. The highest BCUT2D eigenvalue weighted by atomic mass is 32.2. The maximum absolute atomic E-state index is 13.2. The van der Waals surface area contributed by atoms with Crippen LogP contribution in [0, 0.1) is 0 Å². The quantitative estimate of drug-likeness (QED) is 0.723. The minimum Gasteiger partial charge on any atom is -0.444 e. The second-order valence-electron chi connectivity index (χ2n) is 9.78. The van der Waals surface area contributed by atoms with Crippen molar-refractivity contribution < 1.29 is 9.53 Å². The fraction of sp³-hybridized carbons (Fsp3) is 0.652. The molecule has 0 aromatic carbocycles. The Labute approximate surface area is 191 Å². The van der Waals surface area contributed by atoms with Gasteiger partial charge in [0.1, 0.15) is 11.2 Å². The second-order valence-corrected chi connectivity index (χ2v) is 11.0. The van der Waals surface area contributed by atoms with Gasteiger partial charge in [-0.2, -0.15) is 11.8 Å².